The van der Waals surface area contributed by atoms with Gasteiger partial charge in [-0.25, -0.2) is 0 Å². The van der Waals surface area contributed by atoms with Gasteiger partial charge in [-0.1, -0.05) is 54.4 Å². The number of hydrogen-bond donors (Lipinski definition) is 0. The van der Waals surface area contributed by atoms with E-state index in [1.165, 1.54) is 0 Å². The van der Waals surface area contributed by atoms with Crippen LogP contribution in [0.3, 0.4) is 0 Å². The van der Waals surface area contributed by atoms with Gasteiger partial charge < -0.3 is 9.47 Å². The molecule has 0 spiro atoms. The first-order chi connectivity index (χ1) is 11.8. The van der Waals surface area contributed by atoms with Gasteiger partial charge in [0.1, 0.15) is 0 Å². The van der Waals surface area contributed by atoms with Crippen molar-refractivity contribution in [3.63, 3.8) is 0 Å². The van der Waals surface area contributed by atoms with Crippen molar-refractivity contribution >= 4 is 29.3 Å². The molecule has 1 aromatic carbocycles. The van der Waals surface area contributed by atoms with Crippen LogP contribution in [0.5, 0.6) is 0 Å². The van der Waals surface area contributed by atoms with Crippen LogP contribution < -0.4 is 0 Å². The van der Waals surface area contributed by atoms with Crippen LogP contribution >= 0.6 is 23.2 Å². The van der Waals surface area contributed by atoms with Gasteiger partial charge in [-0.2, -0.15) is 0 Å². The summed E-state index contributed by atoms with van der Waals surface area (Å²) < 4.78 is 11.6. The predicted molar refractivity (Wildman–Crippen MR) is 109 cm³/mol. The standard InChI is InChI=1S/C21H28Cl2O2/c1-6-8-16(4)25-17(5)24-14-19(9-15(3)7-2)10-18-11-20(22)13-21(23)12-18/h6,10-13,16-17H,1,3,7-9,14H2,2,4-5H3/b19-10+. The monoisotopic (exact) mass is 382 g/mol. The molecule has 25 heavy (non-hydrogen) atoms. The summed E-state index contributed by atoms with van der Waals surface area (Å²) in [5.74, 6) is 0. The van der Waals surface area contributed by atoms with Gasteiger partial charge in [0.2, 0.25) is 0 Å². The first-order valence-electron chi connectivity index (χ1n) is 8.54. The fraction of sp³-hybridized carbons (Fsp3) is 0.429. The average Bonchev–Trinajstić information content (AvgIpc) is 2.51. The Hall–Kier alpha value is -1.06. The van der Waals surface area contributed by atoms with Crippen LogP contribution in [0.25, 0.3) is 6.08 Å². The lowest BCUT2D eigenvalue weighted by molar-refractivity contribution is -0.149. The van der Waals surface area contributed by atoms with Crippen LogP contribution in [0.4, 0.5) is 0 Å². The zero-order valence-corrected chi connectivity index (χ0v) is 16.9. The second-order valence-corrected chi connectivity index (χ2v) is 7.01. The number of ether oxygens (including phenoxy) is 2. The highest BCUT2D eigenvalue weighted by molar-refractivity contribution is 6.34. The number of allylic oxidation sites excluding steroid dienone is 1. The zero-order chi connectivity index (χ0) is 18.8. The number of rotatable bonds is 11. The molecule has 0 aliphatic heterocycles. The molecule has 0 radical (unpaired) electrons. The molecule has 0 fully saturated rings. The van der Waals surface area contributed by atoms with E-state index in [9.17, 15) is 0 Å². The Morgan fingerprint density at radius 3 is 2.40 bits per heavy atom. The molecule has 0 aliphatic rings. The van der Waals surface area contributed by atoms with Gasteiger partial charge in [0.15, 0.2) is 6.29 Å². The lowest BCUT2D eigenvalue weighted by Gasteiger charge is -2.20. The molecule has 0 saturated carbocycles. The van der Waals surface area contributed by atoms with E-state index in [0.717, 1.165) is 36.0 Å². The maximum absolute atomic E-state index is 6.09. The summed E-state index contributed by atoms with van der Waals surface area (Å²) in [7, 11) is 0. The first-order valence-corrected chi connectivity index (χ1v) is 9.29. The predicted octanol–water partition coefficient (Wildman–Crippen LogP) is 7.08. The van der Waals surface area contributed by atoms with E-state index in [4.69, 9.17) is 32.7 Å². The van der Waals surface area contributed by atoms with Crippen LogP contribution in [-0.2, 0) is 9.47 Å². The first kappa shape index (κ1) is 22.0. The second kappa shape index (κ2) is 11.5. The molecule has 4 heteroatoms. The van der Waals surface area contributed by atoms with E-state index in [0.29, 0.717) is 16.7 Å². The van der Waals surface area contributed by atoms with Gasteiger partial charge in [-0.15, -0.1) is 6.58 Å². The third-order valence-corrected chi connectivity index (χ3v) is 4.10. The van der Waals surface area contributed by atoms with Gasteiger partial charge in [0.25, 0.3) is 0 Å². The summed E-state index contributed by atoms with van der Waals surface area (Å²) in [6.45, 7) is 14.3. The number of benzene rings is 1. The zero-order valence-electron chi connectivity index (χ0n) is 15.4. The lowest BCUT2D eigenvalue weighted by atomic mass is 10.0. The molecule has 2 unspecified atom stereocenters. The molecule has 0 heterocycles. The molecule has 2 nitrogen and oxygen atoms in total. The quantitative estimate of drug-likeness (QED) is 0.300. The van der Waals surface area contributed by atoms with Crippen molar-refractivity contribution in [2.75, 3.05) is 6.61 Å². The molecule has 0 N–H and O–H groups in total. The Bertz CT molecular complexity index is 588. The van der Waals surface area contributed by atoms with Gasteiger partial charge in [0, 0.05) is 10.0 Å². The van der Waals surface area contributed by atoms with Crippen LogP contribution in [0, 0.1) is 0 Å². The molecule has 138 valence electrons. The van der Waals surface area contributed by atoms with Crippen LogP contribution in [0.1, 0.15) is 45.6 Å². The van der Waals surface area contributed by atoms with Gasteiger partial charge >= 0.3 is 0 Å². The lowest BCUT2D eigenvalue weighted by Crippen LogP contribution is -2.20. The van der Waals surface area contributed by atoms with Crippen molar-refractivity contribution in [2.24, 2.45) is 0 Å². The van der Waals surface area contributed by atoms with E-state index in [1.807, 2.05) is 32.1 Å². The minimum atomic E-state index is -0.295. The molecule has 2 atom stereocenters. The minimum absolute atomic E-state index is 0.0808. The third-order valence-electron chi connectivity index (χ3n) is 3.66. The summed E-state index contributed by atoms with van der Waals surface area (Å²) >= 11 is 12.2. The molecule has 1 aromatic rings. The van der Waals surface area contributed by atoms with Crippen molar-refractivity contribution in [3.05, 3.63) is 64.2 Å². The van der Waals surface area contributed by atoms with Crippen molar-refractivity contribution in [2.45, 2.75) is 52.4 Å². The number of halogens is 2. The van der Waals surface area contributed by atoms with Crippen molar-refractivity contribution < 1.29 is 9.47 Å². The molecular weight excluding hydrogens is 355 g/mol. The highest BCUT2D eigenvalue weighted by Gasteiger charge is 2.10. The van der Waals surface area contributed by atoms with Crippen LogP contribution in [0.2, 0.25) is 10.0 Å². The topological polar surface area (TPSA) is 18.5 Å². The summed E-state index contributed by atoms with van der Waals surface area (Å²) in [5, 5.41) is 1.23. The Morgan fingerprint density at radius 1 is 1.20 bits per heavy atom. The fourth-order valence-corrected chi connectivity index (χ4v) is 2.91. The summed E-state index contributed by atoms with van der Waals surface area (Å²) in [6, 6.07) is 5.49. The maximum Gasteiger partial charge on any atom is 0.155 e. The molecule has 1 rings (SSSR count). The molecule has 0 bridgehead atoms. The summed E-state index contributed by atoms with van der Waals surface area (Å²) in [6.07, 6.45) is 6.18. The second-order valence-electron chi connectivity index (χ2n) is 6.14. The molecule has 0 amide bonds. The normalized spacial score (nSPS) is 14.2. The minimum Gasteiger partial charge on any atom is -0.350 e. The highest BCUT2D eigenvalue weighted by atomic mass is 35.5. The Labute approximate surface area is 162 Å². The van der Waals surface area contributed by atoms with Crippen molar-refractivity contribution in [1.82, 2.24) is 0 Å². The SMILES string of the molecule is C=CCC(C)OC(C)OC/C(=C/c1cc(Cl)cc(Cl)c1)CC(=C)CC. The van der Waals surface area contributed by atoms with E-state index < -0.39 is 0 Å². The molecule has 0 saturated heterocycles. The van der Waals surface area contributed by atoms with E-state index in [-0.39, 0.29) is 12.4 Å². The van der Waals surface area contributed by atoms with Gasteiger partial charge in [0.05, 0.1) is 12.7 Å². The summed E-state index contributed by atoms with van der Waals surface area (Å²) in [5.41, 5.74) is 3.21. The van der Waals surface area contributed by atoms with Gasteiger partial charge in [-0.05, 0) is 62.4 Å². The van der Waals surface area contributed by atoms with Crippen molar-refractivity contribution in [3.8, 4) is 0 Å². The maximum atomic E-state index is 6.09. The average molecular weight is 383 g/mol. The third kappa shape index (κ3) is 9.27. The molecular formula is C21H28Cl2O2. The van der Waals surface area contributed by atoms with Crippen molar-refractivity contribution in [1.29, 1.82) is 0 Å². The van der Waals surface area contributed by atoms with Crippen LogP contribution in [0.15, 0.2) is 48.6 Å². The van der Waals surface area contributed by atoms with E-state index >= 15 is 0 Å². The molecule has 0 aromatic heterocycles. The summed E-state index contributed by atoms with van der Waals surface area (Å²) in [4.78, 5) is 0. The van der Waals surface area contributed by atoms with E-state index in [2.05, 4.69) is 26.2 Å². The largest absolute Gasteiger partial charge is 0.350 e. The smallest absolute Gasteiger partial charge is 0.155 e. The number of hydrogen-bond acceptors (Lipinski definition) is 2. The fourth-order valence-electron chi connectivity index (χ4n) is 2.37. The van der Waals surface area contributed by atoms with Gasteiger partial charge in [-0.3, -0.25) is 0 Å². The van der Waals surface area contributed by atoms with Crippen LogP contribution in [-0.4, -0.2) is 19.0 Å². The Morgan fingerprint density at radius 2 is 1.84 bits per heavy atom. The Balaban J connectivity index is 2.80. The highest BCUT2D eigenvalue weighted by Crippen LogP contribution is 2.23. The van der Waals surface area contributed by atoms with E-state index in [1.54, 1.807) is 6.07 Å². The molecule has 0 aliphatic carbocycles. The Kier molecular flexibility index (Phi) is 10.1.